The number of esters is 1. The maximum atomic E-state index is 12.6. The van der Waals surface area contributed by atoms with Crippen molar-refractivity contribution < 1.29 is 19.1 Å². The zero-order chi connectivity index (χ0) is 23.2. The summed E-state index contributed by atoms with van der Waals surface area (Å²) in [4.78, 5) is 24.9. The molecule has 4 aromatic rings. The van der Waals surface area contributed by atoms with E-state index in [2.05, 4.69) is 10.5 Å². The van der Waals surface area contributed by atoms with Crippen LogP contribution in [0, 0.1) is 0 Å². The van der Waals surface area contributed by atoms with Crippen molar-refractivity contribution in [2.75, 3.05) is 6.61 Å². The van der Waals surface area contributed by atoms with Gasteiger partial charge in [-0.25, -0.2) is 10.2 Å². The number of nitrogens with one attached hydrogen (secondary N) is 1. The second-order valence-corrected chi connectivity index (χ2v) is 8.61. The minimum atomic E-state index is -0.540. The van der Waals surface area contributed by atoms with E-state index in [9.17, 15) is 9.59 Å². The second-order valence-electron chi connectivity index (χ2n) is 6.74. The first kappa shape index (κ1) is 22.8. The summed E-state index contributed by atoms with van der Waals surface area (Å²) in [5.41, 5.74) is 3.00. The maximum Gasteiger partial charge on any atom is 0.355 e. The van der Waals surface area contributed by atoms with Crippen LogP contribution in [0.2, 0.25) is 10.0 Å². The Hall–Kier alpha value is -3.39. The summed E-state index contributed by atoms with van der Waals surface area (Å²) in [5, 5.41) is 5.61. The van der Waals surface area contributed by atoms with Crippen LogP contribution in [-0.2, 0) is 4.79 Å². The number of carbonyl (C=O) groups is 2. The smallest absolute Gasteiger partial charge is 0.355 e. The minimum Gasteiger partial charge on any atom is -0.484 e. The molecule has 3 aromatic carbocycles. The highest BCUT2D eigenvalue weighted by atomic mass is 35.5. The summed E-state index contributed by atoms with van der Waals surface area (Å²) in [6, 6.07) is 21.0. The zero-order valence-corrected chi connectivity index (χ0v) is 19.3. The summed E-state index contributed by atoms with van der Waals surface area (Å²) in [6.45, 7) is -0.217. The van der Waals surface area contributed by atoms with E-state index in [4.69, 9.17) is 32.7 Å². The van der Waals surface area contributed by atoms with Crippen molar-refractivity contribution in [2.45, 2.75) is 0 Å². The van der Waals surface area contributed by atoms with Gasteiger partial charge in [0.15, 0.2) is 6.61 Å². The topological polar surface area (TPSA) is 77.0 Å². The molecule has 0 unspecified atom stereocenters. The number of nitrogens with zero attached hydrogens (tertiary/aromatic N) is 1. The van der Waals surface area contributed by atoms with Crippen LogP contribution < -0.4 is 14.9 Å². The molecule has 1 N–H and O–H groups in total. The standard InChI is InChI=1S/C24H16Cl2N2O4S/c25-16-6-4-7-17(12-16)31-14-21(29)28-27-13-15-5-3-8-18(11-15)32-24(30)23-22(26)19-9-1-2-10-20(19)33-23/h1-13H,14H2,(H,28,29)/b27-13-. The van der Waals surface area contributed by atoms with Crippen LogP contribution in [0.15, 0.2) is 77.9 Å². The molecule has 4 rings (SSSR count). The molecular formula is C24H16Cl2N2O4S. The number of amides is 1. The number of fused-ring (bicyclic) bond motifs is 1. The molecule has 1 aromatic heterocycles. The van der Waals surface area contributed by atoms with Gasteiger partial charge >= 0.3 is 5.97 Å². The zero-order valence-electron chi connectivity index (χ0n) is 17.0. The number of ether oxygens (including phenoxy) is 2. The molecule has 9 heteroatoms. The number of hydrogen-bond acceptors (Lipinski definition) is 6. The highest BCUT2D eigenvalue weighted by molar-refractivity contribution is 7.21. The summed E-state index contributed by atoms with van der Waals surface area (Å²) in [7, 11) is 0. The average Bonchev–Trinajstić information content (AvgIpc) is 3.15. The largest absolute Gasteiger partial charge is 0.484 e. The fraction of sp³-hybridized carbons (Fsp3) is 0.0417. The van der Waals surface area contributed by atoms with Gasteiger partial charge in [0.1, 0.15) is 16.4 Å². The van der Waals surface area contributed by atoms with Gasteiger partial charge in [-0.1, -0.05) is 59.6 Å². The van der Waals surface area contributed by atoms with Gasteiger partial charge in [0, 0.05) is 15.1 Å². The van der Waals surface area contributed by atoms with E-state index in [-0.39, 0.29) is 6.61 Å². The van der Waals surface area contributed by atoms with E-state index in [1.165, 1.54) is 17.6 Å². The summed E-state index contributed by atoms with van der Waals surface area (Å²) in [6.07, 6.45) is 1.43. The van der Waals surface area contributed by atoms with Crippen LogP contribution >= 0.6 is 34.5 Å². The maximum absolute atomic E-state index is 12.6. The van der Waals surface area contributed by atoms with Crippen molar-refractivity contribution in [1.82, 2.24) is 5.43 Å². The molecule has 6 nitrogen and oxygen atoms in total. The minimum absolute atomic E-state index is 0.217. The Balaban J connectivity index is 1.34. The molecule has 1 heterocycles. The van der Waals surface area contributed by atoms with Crippen LogP contribution in [-0.4, -0.2) is 24.7 Å². The lowest BCUT2D eigenvalue weighted by Crippen LogP contribution is -2.24. The van der Waals surface area contributed by atoms with E-state index in [1.54, 1.807) is 48.5 Å². The molecule has 0 fully saturated rings. The molecule has 0 spiro atoms. The van der Waals surface area contributed by atoms with Crippen LogP contribution in [0.4, 0.5) is 0 Å². The molecule has 0 aliphatic heterocycles. The highest BCUT2D eigenvalue weighted by Crippen LogP contribution is 2.35. The van der Waals surface area contributed by atoms with Gasteiger partial charge in [-0.05, 0) is 42.0 Å². The molecule has 166 valence electrons. The summed E-state index contributed by atoms with van der Waals surface area (Å²) >= 11 is 13.5. The summed E-state index contributed by atoms with van der Waals surface area (Å²) < 4.78 is 11.7. The van der Waals surface area contributed by atoms with Crippen molar-refractivity contribution in [3.8, 4) is 11.5 Å². The Bertz CT molecular complexity index is 1350. The van der Waals surface area contributed by atoms with Gasteiger partial charge < -0.3 is 9.47 Å². The molecule has 0 saturated heterocycles. The molecule has 0 bridgehead atoms. The van der Waals surface area contributed by atoms with Gasteiger partial charge in [-0.15, -0.1) is 11.3 Å². The molecule has 0 radical (unpaired) electrons. The van der Waals surface area contributed by atoms with Gasteiger partial charge in [0.25, 0.3) is 5.91 Å². The lowest BCUT2D eigenvalue weighted by atomic mass is 10.2. The fourth-order valence-electron chi connectivity index (χ4n) is 2.87. The predicted octanol–water partition coefficient (Wildman–Crippen LogP) is 5.96. The predicted molar refractivity (Wildman–Crippen MR) is 131 cm³/mol. The van der Waals surface area contributed by atoms with E-state index in [0.717, 1.165) is 10.1 Å². The van der Waals surface area contributed by atoms with Gasteiger partial charge in [-0.2, -0.15) is 5.10 Å². The van der Waals surface area contributed by atoms with Crippen LogP contribution in [0.5, 0.6) is 11.5 Å². The third-order valence-corrected chi connectivity index (χ3v) is 6.25. The van der Waals surface area contributed by atoms with E-state index >= 15 is 0 Å². The van der Waals surface area contributed by atoms with Crippen molar-refractivity contribution >= 4 is 62.7 Å². The molecular weight excluding hydrogens is 483 g/mol. The van der Waals surface area contributed by atoms with Gasteiger partial charge in [0.05, 0.1) is 11.2 Å². The molecule has 0 atom stereocenters. The van der Waals surface area contributed by atoms with Crippen molar-refractivity contribution in [3.05, 3.63) is 93.3 Å². The third kappa shape index (κ3) is 5.90. The highest BCUT2D eigenvalue weighted by Gasteiger charge is 2.19. The second kappa shape index (κ2) is 10.5. The normalized spacial score (nSPS) is 11.0. The van der Waals surface area contributed by atoms with E-state index in [0.29, 0.717) is 32.0 Å². The molecule has 0 saturated carbocycles. The fourth-order valence-corrected chi connectivity index (χ4v) is 4.44. The number of benzene rings is 3. The molecule has 1 amide bonds. The summed E-state index contributed by atoms with van der Waals surface area (Å²) in [5.74, 6) is -0.169. The van der Waals surface area contributed by atoms with Crippen molar-refractivity contribution in [2.24, 2.45) is 5.10 Å². The first-order chi connectivity index (χ1) is 16.0. The van der Waals surface area contributed by atoms with Crippen molar-refractivity contribution in [1.29, 1.82) is 0 Å². The number of carbonyl (C=O) groups excluding carboxylic acids is 2. The number of halogens is 2. The van der Waals surface area contributed by atoms with Gasteiger partial charge in [0.2, 0.25) is 0 Å². The molecule has 33 heavy (non-hydrogen) atoms. The first-order valence-electron chi connectivity index (χ1n) is 9.69. The number of hydrazone groups is 1. The van der Waals surface area contributed by atoms with Crippen LogP contribution in [0.1, 0.15) is 15.2 Å². The number of thiophene rings is 1. The lowest BCUT2D eigenvalue weighted by Gasteiger charge is -2.05. The number of hydrogen-bond donors (Lipinski definition) is 1. The van der Waals surface area contributed by atoms with E-state index in [1.807, 2.05) is 24.3 Å². The Morgan fingerprint density at radius 2 is 1.76 bits per heavy atom. The van der Waals surface area contributed by atoms with Gasteiger partial charge in [-0.3, -0.25) is 4.79 Å². The first-order valence-corrected chi connectivity index (χ1v) is 11.3. The molecule has 0 aliphatic carbocycles. The Labute approximate surface area is 203 Å². The quantitative estimate of drug-likeness (QED) is 0.147. The average molecular weight is 499 g/mol. The Morgan fingerprint density at radius 3 is 2.58 bits per heavy atom. The Kier molecular flexibility index (Phi) is 7.24. The SMILES string of the molecule is O=C(COc1cccc(Cl)c1)N/N=C\c1cccc(OC(=O)c2sc3ccccc3c2Cl)c1. The third-order valence-electron chi connectivity index (χ3n) is 4.36. The monoisotopic (exact) mass is 498 g/mol. The van der Waals surface area contributed by atoms with Crippen molar-refractivity contribution in [3.63, 3.8) is 0 Å². The Morgan fingerprint density at radius 1 is 0.970 bits per heavy atom. The van der Waals surface area contributed by atoms with Crippen LogP contribution in [0.3, 0.4) is 0 Å². The lowest BCUT2D eigenvalue weighted by molar-refractivity contribution is -0.123. The van der Waals surface area contributed by atoms with Crippen LogP contribution in [0.25, 0.3) is 10.1 Å². The number of rotatable bonds is 7. The van der Waals surface area contributed by atoms with E-state index < -0.39 is 11.9 Å². The molecule has 0 aliphatic rings.